The van der Waals surface area contributed by atoms with Crippen LogP contribution in [0.5, 0.6) is 0 Å². The number of benzene rings is 1. The van der Waals surface area contributed by atoms with Crippen molar-refractivity contribution in [1.29, 1.82) is 0 Å². The van der Waals surface area contributed by atoms with Crippen LogP contribution in [-0.2, 0) is 22.5 Å². The number of thiophene rings is 1. The summed E-state index contributed by atoms with van der Waals surface area (Å²) in [6.07, 6.45) is 5.09. The average molecular weight is 533 g/mol. The quantitative estimate of drug-likeness (QED) is 0.204. The van der Waals surface area contributed by atoms with E-state index in [0.29, 0.717) is 19.6 Å². The number of anilines is 1. The van der Waals surface area contributed by atoms with Gasteiger partial charge in [0.15, 0.2) is 0 Å². The molecule has 0 fully saturated rings. The van der Waals surface area contributed by atoms with Crippen molar-refractivity contribution in [2.75, 3.05) is 38.7 Å². The van der Waals surface area contributed by atoms with Gasteiger partial charge >= 0.3 is 0 Å². The van der Waals surface area contributed by atoms with Gasteiger partial charge in [0.1, 0.15) is 15.7 Å². The summed E-state index contributed by atoms with van der Waals surface area (Å²) in [5.74, 6) is 0.00864. The zero-order valence-electron chi connectivity index (χ0n) is 20.5. The van der Waals surface area contributed by atoms with Gasteiger partial charge in [-0.25, -0.2) is 9.97 Å². The Labute approximate surface area is 222 Å². The minimum Gasteiger partial charge on any atom is -0.383 e. The summed E-state index contributed by atoms with van der Waals surface area (Å²) in [5, 5.41) is 12.8. The van der Waals surface area contributed by atoms with Crippen LogP contribution in [0.25, 0.3) is 42.9 Å². The normalized spacial score (nSPS) is 13.3. The molecule has 0 atom stereocenters. The monoisotopic (exact) mass is 532 g/mol. The Kier molecular flexibility index (Phi) is 6.99. The number of rotatable bonds is 9. The van der Waals surface area contributed by atoms with Gasteiger partial charge in [-0.2, -0.15) is 0 Å². The van der Waals surface area contributed by atoms with Gasteiger partial charge in [-0.3, -0.25) is 4.79 Å². The number of hydrogen-bond acceptors (Lipinski definition) is 8. The molecular weight excluding hydrogens is 504 g/mol. The molecule has 6 rings (SSSR count). The van der Waals surface area contributed by atoms with Gasteiger partial charge < -0.3 is 25.7 Å². The van der Waals surface area contributed by atoms with E-state index in [2.05, 4.69) is 50.2 Å². The van der Waals surface area contributed by atoms with Crippen molar-refractivity contribution in [3.63, 3.8) is 0 Å². The Balaban J connectivity index is 1.32. The SMILES string of the molecule is COCCNCCC(=O)Nc1sc2c(c1-c1nc3cc(-c4ccnc5[nH]ccc45)ccc3s1)CCNC2. The molecule has 0 radical (unpaired) electrons. The number of carbonyl (C=O) groups excluding carboxylic acids is 1. The molecule has 1 aliphatic heterocycles. The van der Waals surface area contributed by atoms with Crippen LogP contribution in [0.3, 0.4) is 0 Å². The van der Waals surface area contributed by atoms with Crippen LogP contribution in [0.4, 0.5) is 5.00 Å². The molecular formula is C27H28N6O2S2. The highest BCUT2D eigenvalue weighted by atomic mass is 32.1. The fraction of sp³-hybridized carbons (Fsp3) is 0.296. The Hall–Kier alpha value is -3.15. The molecule has 5 heterocycles. The smallest absolute Gasteiger partial charge is 0.226 e. The maximum Gasteiger partial charge on any atom is 0.226 e. The molecule has 10 heteroatoms. The summed E-state index contributed by atoms with van der Waals surface area (Å²) >= 11 is 3.35. The van der Waals surface area contributed by atoms with Crippen molar-refractivity contribution in [2.24, 2.45) is 0 Å². The third-order valence-corrected chi connectivity index (χ3v) is 8.77. The summed E-state index contributed by atoms with van der Waals surface area (Å²) in [7, 11) is 1.67. The lowest BCUT2D eigenvalue weighted by Gasteiger charge is -2.13. The van der Waals surface area contributed by atoms with Crippen LogP contribution >= 0.6 is 22.7 Å². The summed E-state index contributed by atoms with van der Waals surface area (Å²) in [5.41, 5.74) is 6.48. The van der Waals surface area contributed by atoms with Crippen molar-refractivity contribution >= 4 is 54.8 Å². The summed E-state index contributed by atoms with van der Waals surface area (Å²) in [4.78, 5) is 26.8. The molecule has 5 aromatic rings. The van der Waals surface area contributed by atoms with Crippen LogP contribution in [0.2, 0.25) is 0 Å². The highest BCUT2D eigenvalue weighted by Gasteiger charge is 2.25. The van der Waals surface area contributed by atoms with E-state index in [1.165, 1.54) is 10.4 Å². The zero-order valence-corrected chi connectivity index (χ0v) is 22.2. The first-order valence-electron chi connectivity index (χ1n) is 12.4. The third-order valence-electron chi connectivity index (χ3n) is 6.57. The molecule has 8 nitrogen and oxygen atoms in total. The molecule has 0 aliphatic carbocycles. The van der Waals surface area contributed by atoms with Crippen molar-refractivity contribution in [3.8, 4) is 21.7 Å². The number of methoxy groups -OCH3 is 1. The van der Waals surface area contributed by atoms with Crippen molar-refractivity contribution in [2.45, 2.75) is 19.4 Å². The zero-order chi connectivity index (χ0) is 25.2. The second kappa shape index (κ2) is 10.7. The van der Waals surface area contributed by atoms with Crippen LogP contribution in [-0.4, -0.2) is 54.2 Å². The summed E-state index contributed by atoms with van der Waals surface area (Å²) < 4.78 is 6.18. The van der Waals surface area contributed by atoms with E-state index in [1.807, 2.05) is 18.5 Å². The second-order valence-corrected chi connectivity index (χ2v) is 11.1. The van der Waals surface area contributed by atoms with E-state index < -0.39 is 0 Å². The lowest BCUT2D eigenvalue weighted by molar-refractivity contribution is -0.116. The van der Waals surface area contributed by atoms with Gasteiger partial charge in [0, 0.05) is 61.4 Å². The van der Waals surface area contributed by atoms with Gasteiger partial charge in [0.25, 0.3) is 0 Å². The number of pyridine rings is 1. The van der Waals surface area contributed by atoms with E-state index in [0.717, 1.165) is 74.0 Å². The highest BCUT2D eigenvalue weighted by molar-refractivity contribution is 7.23. The molecule has 4 aromatic heterocycles. The van der Waals surface area contributed by atoms with Crippen molar-refractivity contribution < 1.29 is 9.53 Å². The number of thiazole rings is 1. The molecule has 0 spiro atoms. The van der Waals surface area contributed by atoms with Crippen LogP contribution < -0.4 is 16.0 Å². The molecule has 1 aromatic carbocycles. The van der Waals surface area contributed by atoms with Crippen LogP contribution in [0, 0.1) is 0 Å². The van der Waals surface area contributed by atoms with E-state index in [4.69, 9.17) is 9.72 Å². The lowest BCUT2D eigenvalue weighted by atomic mass is 10.0. The third kappa shape index (κ3) is 4.90. The van der Waals surface area contributed by atoms with Gasteiger partial charge in [0.2, 0.25) is 5.91 Å². The maximum atomic E-state index is 12.8. The van der Waals surface area contributed by atoms with Gasteiger partial charge in [-0.05, 0) is 53.9 Å². The largest absolute Gasteiger partial charge is 0.383 e. The molecule has 4 N–H and O–H groups in total. The number of aromatic amines is 1. The Morgan fingerprint density at radius 2 is 2.14 bits per heavy atom. The van der Waals surface area contributed by atoms with Crippen molar-refractivity contribution in [1.82, 2.24) is 25.6 Å². The minimum atomic E-state index is 0.00864. The highest BCUT2D eigenvalue weighted by Crippen LogP contribution is 2.45. The number of hydrogen-bond donors (Lipinski definition) is 4. The number of ether oxygens (including phenoxy) is 1. The first-order valence-corrected chi connectivity index (χ1v) is 14.0. The fourth-order valence-electron chi connectivity index (χ4n) is 4.75. The molecule has 0 bridgehead atoms. The molecule has 0 saturated carbocycles. The predicted octanol–water partition coefficient (Wildman–Crippen LogP) is 4.78. The van der Waals surface area contributed by atoms with Crippen LogP contribution in [0.1, 0.15) is 16.9 Å². The molecule has 1 amide bonds. The topological polar surface area (TPSA) is 104 Å². The van der Waals surface area contributed by atoms with E-state index in [1.54, 1.807) is 29.8 Å². The second-order valence-electron chi connectivity index (χ2n) is 8.98. The molecule has 190 valence electrons. The first-order chi connectivity index (χ1) is 18.2. The summed E-state index contributed by atoms with van der Waals surface area (Å²) in [6, 6.07) is 10.6. The van der Waals surface area contributed by atoms with E-state index >= 15 is 0 Å². The molecule has 0 unspecified atom stereocenters. The number of amides is 1. The fourth-order valence-corrected chi connectivity index (χ4v) is 7.08. The Bertz CT molecular complexity index is 1570. The number of aromatic nitrogens is 3. The number of H-pyrrole nitrogens is 1. The molecule has 0 saturated heterocycles. The Morgan fingerprint density at radius 1 is 1.19 bits per heavy atom. The lowest BCUT2D eigenvalue weighted by Crippen LogP contribution is -2.24. The number of fused-ring (bicyclic) bond motifs is 3. The number of nitrogens with zero attached hydrogens (tertiary/aromatic N) is 2. The number of carbonyl (C=O) groups is 1. The minimum absolute atomic E-state index is 0.00864. The van der Waals surface area contributed by atoms with Gasteiger partial charge in [-0.1, -0.05) is 6.07 Å². The van der Waals surface area contributed by atoms with E-state index in [-0.39, 0.29) is 5.91 Å². The summed E-state index contributed by atoms with van der Waals surface area (Å²) in [6.45, 7) is 3.73. The standard InChI is InChI=1S/C27H28N6O2S2/c1-35-13-12-28-9-7-23(34)33-27-24(19-4-8-29-15-22(19)37-27)26-32-20-14-16(2-3-21(20)36-26)17-5-10-30-25-18(17)6-11-31-25/h2-3,5-6,10-11,14,28-29H,4,7-9,12-13,15H2,1H3,(H,30,31)(H,33,34). The first kappa shape index (κ1) is 24.2. The predicted molar refractivity (Wildman–Crippen MR) is 151 cm³/mol. The maximum absolute atomic E-state index is 12.8. The van der Waals surface area contributed by atoms with E-state index in [9.17, 15) is 4.79 Å². The number of nitrogens with one attached hydrogen (secondary N) is 4. The molecule has 1 aliphatic rings. The van der Waals surface area contributed by atoms with Crippen molar-refractivity contribution in [3.05, 3.63) is 53.2 Å². The average Bonchev–Trinajstić information content (AvgIpc) is 3.64. The van der Waals surface area contributed by atoms with Gasteiger partial charge in [0.05, 0.1) is 16.8 Å². The Morgan fingerprint density at radius 3 is 3.05 bits per heavy atom. The van der Waals surface area contributed by atoms with Gasteiger partial charge in [-0.15, -0.1) is 22.7 Å². The molecule has 37 heavy (non-hydrogen) atoms. The van der Waals surface area contributed by atoms with Crippen LogP contribution in [0.15, 0.2) is 42.7 Å².